The van der Waals surface area contributed by atoms with Gasteiger partial charge in [0.1, 0.15) is 12.4 Å². The van der Waals surface area contributed by atoms with Gasteiger partial charge in [-0.3, -0.25) is 28.9 Å². The highest BCUT2D eigenvalue weighted by Crippen LogP contribution is 2.31. The van der Waals surface area contributed by atoms with Crippen molar-refractivity contribution in [1.82, 2.24) is 15.5 Å². The Morgan fingerprint density at radius 2 is 1.39 bits per heavy atom. The van der Waals surface area contributed by atoms with Crippen molar-refractivity contribution in [1.29, 1.82) is 0 Å². The van der Waals surface area contributed by atoms with Crippen molar-refractivity contribution in [2.45, 2.75) is 57.2 Å². The third-order valence-electron chi connectivity index (χ3n) is 7.77. The number of halogens is 1. The molecule has 0 aliphatic carbocycles. The number of carbonyl (C=O) groups is 7. The zero-order valence-corrected chi connectivity index (χ0v) is 32.7. The first-order valence-electron chi connectivity index (χ1n) is 17.8. The van der Waals surface area contributed by atoms with Crippen LogP contribution in [0.25, 0.3) is 0 Å². The van der Waals surface area contributed by atoms with E-state index in [0.717, 1.165) is 4.90 Å². The standard InChI is InChI=1S/C35H47IN4O16/c36-35(49)54-22-23-1-2-26(55-33-21-24(41)20-27(56-33)34(47)48)25(19-23)39-30(44)5-8-37-29(43)7-11-50-13-15-52-17-18-53-16-14-51-12-9-38-28(42)6-10-40-31(45)3-4-32(40)46/h1-4,19,24,27,33,41H,5-18,20-22H2,(H,37,43)(H,38,42)(H,39,44)(H,47,48)/t24-,27-,33+/m0/s1. The van der Waals surface area contributed by atoms with E-state index in [1.165, 1.54) is 46.9 Å². The van der Waals surface area contributed by atoms with E-state index in [0.29, 0.717) is 38.6 Å². The van der Waals surface area contributed by atoms with Crippen molar-refractivity contribution in [3.8, 4) is 5.75 Å². The van der Waals surface area contributed by atoms with Gasteiger partial charge in [0.2, 0.25) is 24.0 Å². The van der Waals surface area contributed by atoms with Crippen LogP contribution in [0, 0.1) is 0 Å². The monoisotopic (exact) mass is 906 g/mol. The number of hydrogen-bond donors (Lipinski definition) is 5. The highest BCUT2D eigenvalue weighted by Gasteiger charge is 2.34. The van der Waals surface area contributed by atoms with Gasteiger partial charge in [-0.05, 0) is 17.7 Å². The Bertz CT molecular complexity index is 1510. The maximum Gasteiger partial charge on any atom is 0.367 e. The summed E-state index contributed by atoms with van der Waals surface area (Å²) in [5.41, 5.74) is 0.720. The van der Waals surface area contributed by atoms with Gasteiger partial charge in [-0.25, -0.2) is 9.59 Å². The molecule has 3 atom stereocenters. The summed E-state index contributed by atoms with van der Waals surface area (Å²) in [6.45, 7) is 2.52. The van der Waals surface area contributed by atoms with Gasteiger partial charge in [-0.15, -0.1) is 0 Å². The molecule has 0 radical (unpaired) electrons. The maximum absolute atomic E-state index is 12.8. The number of nitrogens with one attached hydrogen (secondary N) is 3. The molecule has 1 aromatic carbocycles. The molecule has 1 fully saturated rings. The number of benzene rings is 1. The molecule has 20 nitrogen and oxygen atoms in total. The van der Waals surface area contributed by atoms with E-state index in [-0.39, 0.29) is 101 Å². The lowest BCUT2D eigenvalue weighted by Crippen LogP contribution is -2.42. The van der Waals surface area contributed by atoms with Crippen molar-refractivity contribution in [3.63, 3.8) is 0 Å². The predicted octanol–water partition coefficient (Wildman–Crippen LogP) is 0.420. The average molecular weight is 907 g/mol. The quantitative estimate of drug-likeness (QED) is 0.0347. The summed E-state index contributed by atoms with van der Waals surface area (Å²) in [5.74, 6) is -3.05. The van der Waals surface area contributed by atoms with Gasteiger partial charge in [0.25, 0.3) is 11.8 Å². The minimum absolute atomic E-state index is 0.00572. The number of carboxylic acid groups (broad SMARTS) is 1. The van der Waals surface area contributed by atoms with Gasteiger partial charge in [0.15, 0.2) is 6.10 Å². The largest absolute Gasteiger partial charge is 0.479 e. The fourth-order valence-corrected chi connectivity index (χ4v) is 5.16. The number of ether oxygens (including phenoxy) is 7. The Kier molecular flexibility index (Phi) is 21.3. The molecular weight excluding hydrogens is 859 g/mol. The molecule has 1 saturated heterocycles. The number of aliphatic carboxylic acids is 1. The Labute approximate surface area is 335 Å². The van der Waals surface area contributed by atoms with E-state index in [2.05, 4.69) is 16.0 Å². The van der Waals surface area contributed by atoms with Gasteiger partial charge >= 0.3 is 9.95 Å². The number of hydrogen-bond acceptors (Lipinski definition) is 15. The molecule has 2 aliphatic rings. The van der Waals surface area contributed by atoms with E-state index in [4.69, 9.17) is 33.2 Å². The van der Waals surface area contributed by atoms with Gasteiger partial charge in [0.05, 0.1) is 87.2 Å². The number of rotatable bonds is 27. The molecule has 0 spiro atoms. The molecule has 0 aromatic heterocycles. The number of amides is 5. The first kappa shape index (κ1) is 46.1. The molecule has 0 unspecified atom stereocenters. The zero-order chi connectivity index (χ0) is 40.7. The van der Waals surface area contributed by atoms with Crippen LogP contribution in [-0.4, -0.2) is 146 Å². The molecule has 3 rings (SSSR count). The van der Waals surface area contributed by atoms with Gasteiger partial charge < -0.3 is 59.3 Å². The highest BCUT2D eigenvalue weighted by molar-refractivity contribution is 14.1. The normalized spacial score (nSPS) is 17.8. The highest BCUT2D eigenvalue weighted by atomic mass is 127. The molecular formula is C35H47IN4O16. The second kappa shape index (κ2) is 25.8. The number of aliphatic hydroxyl groups is 1. The molecule has 5 N–H and O–H groups in total. The second-order valence-corrected chi connectivity index (χ2v) is 13.0. The number of anilines is 1. The lowest BCUT2D eigenvalue weighted by Gasteiger charge is -2.31. The molecule has 56 heavy (non-hydrogen) atoms. The zero-order valence-electron chi connectivity index (χ0n) is 30.6. The summed E-state index contributed by atoms with van der Waals surface area (Å²) in [7, 11) is 0. The van der Waals surface area contributed by atoms with E-state index in [1.54, 1.807) is 6.07 Å². The summed E-state index contributed by atoms with van der Waals surface area (Å²) in [6.07, 6.45) is -1.10. The minimum atomic E-state index is -1.26. The molecule has 0 bridgehead atoms. The van der Waals surface area contributed by atoms with Crippen LogP contribution in [-0.2, 0) is 63.8 Å². The second-order valence-electron chi connectivity index (χ2n) is 12.1. The third kappa shape index (κ3) is 18.6. The first-order chi connectivity index (χ1) is 26.9. The van der Waals surface area contributed by atoms with Gasteiger partial charge in [-0.2, -0.15) is 0 Å². The Balaban J connectivity index is 1.19. The summed E-state index contributed by atoms with van der Waals surface area (Å²) in [5, 5.41) is 27.4. The van der Waals surface area contributed by atoms with Crippen LogP contribution >= 0.6 is 22.6 Å². The molecule has 21 heteroatoms. The van der Waals surface area contributed by atoms with Crippen molar-refractivity contribution in [3.05, 3.63) is 35.9 Å². The van der Waals surface area contributed by atoms with Gasteiger partial charge in [0, 0.05) is 63.9 Å². The number of imide groups is 1. The molecule has 2 aliphatic heterocycles. The fraction of sp³-hybridized carbons (Fsp3) is 0.571. The smallest absolute Gasteiger partial charge is 0.367 e. The van der Waals surface area contributed by atoms with E-state index >= 15 is 0 Å². The third-order valence-corrected chi connectivity index (χ3v) is 8.08. The molecule has 0 saturated carbocycles. The molecule has 5 amide bonds. The summed E-state index contributed by atoms with van der Waals surface area (Å²) >= 11 is 1.48. The molecule has 310 valence electrons. The van der Waals surface area contributed by atoms with Crippen LogP contribution in [0.2, 0.25) is 0 Å². The fourth-order valence-electron chi connectivity index (χ4n) is 5.00. The van der Waals surface area contributed by atoms with Crippen LogP contribution in [0.5, 0.6) is 5.75 Å². The van der Waals surface area contributed by atoms with Crippen LogP contribution in [0.15, 0.2) is 30.4 Å². The van der Waals surface area contributed by atoms with E-state index in [9.17, 15) is 43.8 Å². The first-order valence-corrected chi connectivity index (χ1v) is 18.8. The van der Waals surface area contributed by atoms with Crippen LogP contribution in [0.3, 0.4) is 0 Å². The van der Waals surface area contributed by atoms with Crippen LogP contribution in [0.4, 0.5) is 10.5 Å². The topological polar surface area (TPSA) is 264 Å². The van der Waals surface area contributed by atoms with E-state index in [1.807, 2.05) is 0 Å². The van der Waals surface area contributed by atoms with Crippen molar-refractivity contribution in [2.24, 2.45) is 0 Å². The Morgan fingerprint density at radius 3 is 2.04 bits per heavy atom. The maximum atomic E-state index is 12.8. The van der Waals surface area contributed by atoms with Crippen molar-refractivity contribution >= 4 is 67.8 Å². The van der Waals surface area contributed by atoms with Crippen LogP contribution in [0.1, 0.15) is 37.7 Å². The lowest BCUT2D eigenvalue weighted by molar-refractivity contribution is -0.195. The summed E-state index contributed by atoms with van der Waals surface area (Å²) in [4.78, 5) is 83.4. The van der Waals surface area contributed by atoms with Crippen molar-refractivity contribution in [2.75, 3.05) is 77.8 Å². The molecule has 1 aromatic rings. The summed E-state index contributed by atoms with van der Waals surface area (Å²) in [6, 6.07) is 4.61. The average Bonchev–Trinajstić information content (AvgIpc) is 3.47. The van der Waals surface area contributed by atoms with Gasteiger partial charge in [-0.1, -0.05) is 6.07 Å². The Hall–Kier alpha value is -4.26. The predicted molar refractivity (Wildman–Crippen MR) is 200 cm³/mol. The number of nitrogens with zero attached hydrogens (tertiary/aromatic N) is 1. The number of carboxylic acids is 1. The minimum Gasteiger partial charge on any atom is -0.479 e. The summed E-state index contributed by atoms with van der Waals surface area (Å²) < 4.78 is 37.3. The Morgan fingerprint density at radius 1 is 0.786 bits per heavy atom. The SMILES string of the molecule is O=C(CCOCCOCCOCCOCCNC(=O)CCN1C(=O)C=CC1=O)NCCC(=O)Nc1cc(COC(=O)I)ccc1O[C@H]1C[C@@H](O)C[C@@H](C(=O)O)O1. The molecule has 2 heterocycles. The number of carbonyl (C=O) groups excluding carboxylic acids is 6. The van der Waals surface area contributed by atoms with Crippen molar-refractivity contribution < 1.29 is 76.9 Å². The van der Waals surface area contributed by atoms with E-state index < -0.39 is 46.2 Å². The lowest BCUT2D eigenvalue weighted by atomic mass is 10.1. The number of aliphatic hydroxyl groups excluding tert-OH is 1. The van der Waals surface area contributed by atoms with Crippen LogP contribution < -0.4 is 20.7 Å².